The van der Waals surface area contributed by atoms with Crippen molar-refractivity contribution in [2.75, 3.05) is 10.6 Å². The predicted octanol–water partition coefficient (Wildman–Crippen LogP) is 5.17. The first kappa shape index (κ1) is 24.3. The smallest absolute Gasteiger partial charge is 0.288 e. The number of rotatable bonds is 7. The Hall–Kier alpha value is -3.01. The van der Waals surface area contributed by atoms with Gasteiger partial charge in [-0.05, 0) is 54.5 Å². The minimum atomic E-state index is -0.610. The fraction of sp³-hybridized carbons (Fsp3) is 0.150. The Morgan fingerprint density at radius 3 is 2.52 bits per heavy atom. The van der Waals surface area contributed by atoms with Gasteiger partial charge >= 0.3 is 0 Å². The van der Waals surface area contributed by atoms with Gasteiger partial charge in [0, 0.05) is 24.3 Å². The van der Waals surface area contributed by atoms with Crippen LogP contribution in [-0.2, 0) is 9.59 Å². The van der Waals surface area contributed by atoms with Crippen molar-refractivity contribution in [2.24, 2.45) is 0 Å². The standard InChI is InChI=1S/C20H18Cl2N4O4S/c1-2-3-18(27)23-13-6-8-14(21)16(11-13)24-20(31)25-19(28)9-5-12-4-7-15(22)17(10-12)26(29)30/h4-11H,2-3H2,1H3,(H,23,27)(H2,24,25,28,31)/b9-5+. The van der Waals surface area contributed by atoms with Crippen molar-refractivity contribution in [3.05, 3.63) is 68.2 Å². The second kappa shape index (κ2) is 11.4. The van der Waals surface area contributed by atoms with Gasteiger partial charge in [-0.1, -0.05) is 36.2 Å². The Bertz CT molecular complexity index is 1060. The van der Waals surface area contributed by atoms with E-state index in [0.29, 0.717) is 28.4 Å². The third-order valence-electron chi connectivity index (χ3n) is 3.81. The average Bonchev–Trinajstić information content (AvgIpc) is 2.69. The molecule has 0 aliphatic carbocycles. The molecule has 0 fully saturated rings. The summed E-state index contributed by atoms with van der Waals surface area (Å²) in [6.07, 6.45) is 3.67. The summed E-state index contributed by atoms with van der Waals surface area (Å²) in [5.74, 6) is -0.683. The SMILES string of the molecule is CCCC(=O)Nc1ccc(Cl)c(NC(=S)NC(=O)/C=C/c2ccc(Cl)c([N+](=O)[O-])c2)c1. The predicted molar refractivity (Wildman–Crippen MR) is 126 cm³/mol. The molecule has 11 heteroatoms. The number of thiocarbonyl (C=S) groups is 1. The van der Waals surface area contributed by atoms with E-state index in [0.717, 1.165) is 6.42 Å². The van der Waals surface area contributed by atoms with Crippen LogP contribution < -0.4 is 16.0 Å². The Labute approximate surface area is 193 Å². The molecular formula is C20H18Cl2N4O4S. The zero-order chi connectivity index (χ0) is 23.0. The van der Waals surface area contributed by atoms with Gasteiger partial charge in [-0.3, -0.25) is 25.0 Å². The van der Waals surface area contributed by atoms with Crippen molar-refractivity contribution in [1.82, 2.24) is 5.32 Å². The van der Waals surface area contributed by atoms with E-state index in [2.05, 4.69) is 16.0 Å². The maximum Gasteiger partial charge on any atom is 0.288 e. The Morgan fingerprint density at radius 1 is 1.13 bits per heavy atom. The third-order valence-corrected chi connectivity index (χ3v) is 4.66. The number of carbonyl (C=O) groups excluding carboxylic acids is 2. The van der Waals surface area contributed by atoms with E-state index >= 15 is 0 Å². The summed E-state index contributed by atoms with van der Waals surface area (Å²) in [7, 11) is 0. The second-order valence-electron chi connectivity index (χ2n) is 6.24. The fourth-order valence-corrected chi connectivity index (χ4v) is 2.96. The molecule has 0 saturated carbocycles. The number of benzene rings is 2. The molecule has 2 aromatic carbocycles. The lowest BCUT2D eigenvalue weighted by molar-refractivity contribution is -0.384. The summed E-state index contributed by atoms with van der Waals surface area (Å²) >= 11 is 17.0. The number of hydrogen-bond donors (Lipinski definition) is 3. The highest BCUT2D eigenvalue weighted by atomic mass is 35.5. The first-order valence-electron chi connectivity index (χ1n) is 9.03. The molecule has 0 saturated heterocycles. The highest BCUT2D eigenvalue weighted by molar-refractivity contribution is 7.80. The van der Waals surface area contributed by atoms with Gasteiger partial charge in [0.05, 0.1) is 15.6 Å². The Kier molecular flexibility index (Phi) is 8.92. The van der Waals surface area contributed by atoms with Gasteiger partial charge in [0.25, 0.3) is 5.69 Å². The van der Waals surface area contributed by atoms with Crippen LogP contribution in [0.2, 0.25) is 10.0 Å². The van der Waals surface area contributed by atoms with Crippen LogP contribution >= 0.6 is 35.4 Å². The van der Waals surface area contributed by atoms with Gasteiger partial charge in [0.2, 0.25) is 11.8 Å². The minimum Gasteiger partial charge on any atom is -0.331 e. The van der Waals surface area contributed by atoms with Gasteiger partial charge in [-0.15, -0.1) is 0 Å². The van der Waals surface area contributed by atoms with Crippen LogP contribution in [0.25, 0.3) is 6.08 Å². The van der Waals surface area contributed by atoms with Crippen LogP contribution in [0.1, 0.15) is 25.3 Å². The number of carbonyl (C=O) groups is 2. The van der Waals surface area contributed by atoms with E-state index in [1.807, 2.05) is 6.92 Å². The van der Waals surface area contributed by atoms with Gasteiger partial charge in [0.1, 0.15) is 5.02 Å². The molecule has 0 aliphatic rings. The molecule has 8 nitrogen and oxygen atoms in total. The number of nitrogens with one attached hydrogen (secondary N) is 3. The molecule has 0 atom stereocenters. The molecule has 0 heterocycles. The maximum atomic E-state index is 12.1. The normalized spacial score (nSPS) is 10.5. The molecule has 2 amide bonds. The molecule has 162 valence electrons. The lowest BCUT2D eigenvalue weighted by Crippen LogP contribution is -2.32. The number of amides is 2. The molecule has 2 rings (SSSR count). The van der Waals surface area contributed by atoms with Crippen LogP contribution in [0, 0.1) is 10.1 Å². The van der Waals surface area contributed by atoms with E-state index in [1.54, 1.807) is 18.2 Å². The van der Waals surface area contributed by atoms with E-state index in [-0.39, 0.29) is 21.7 Å². The van der Waals surface area contributed by atoms with Crippen LogP contribution in [0.4, 0.5) is 17.1 Å². The molecule has 2 aromatic rings. The minimum absolute atomic E-state index is 0.00183. The first-order valence-corrected chi connectivity index (χ1v) is 10.2. The number of nitro benzene ring substituents is 1. The third kappa shape index (κ3) is 7.63. The topological polar surface area (TPSA) is 113 Å². The van der Waals surface area contributed by atoms with Gasteiger partial charge in [0.15, 0.2) is 5.11 Å². The molecular weight excluding hydrogens is 463 g/mol. The number of hydrogen-bond acceptors (Lipinski definition) is 5. The van der Waals surface area contributed by atoms with Crippen LogP contribution in [0.5, 0.6) is 0 Å². The molecule has 0 aliphatic heterocycles. The second-order valence-corrected chi connectivity index (χ2v) is 7.46. The molecule has 31 heavy (non-hydrogen) atoms. The van der Waals surface area contributed by atoms with E-state index in [1.165, 1.54) is 30.4 Å². The summed E-state index contributed by atoms with van der Waals surface area (Å²) in [4.78, 5) is 34.2. The number of nitrogens with zero attached hydrogens (tertiary/aromatic N) is 1. The van der Waals surface area contributed by atoms with Gasteiger partial charge in [-0.2, -0.15) is 0 Å². The first-order chi connectivity index (χ1) is 14.7. The van der Waals surface area contributed by atoms with Gasteiger partial charge in [-0.25, -0.2) is 0 Å². The zero-order valence-electron chi connectivity index (χ0n) is 16.3. The number of halogens is 2. The van der Waals surface area contributed by atoms with E-state index in [9.17, 15) is 19.7 Å². The molecule has 0 aromatic heterocycles. The molecule has 3 N–H and O–H groups in total. The lowest BCUT2D eigenvalue weighted by Gasteiger charge is -2.12. The Morgan fingerprint density at radius 2 is 1.84 bits per heavy atom. The highest BCUT2D eigenvalue weighted by Crippen LogP contribution is 2.26. The van der Waals surface area contributed by atoms with E-state index in [4.69, 9.17) is 35.4 Å². The summed E-state index contributed by atoms with van der Waals surface area (Å²) in [6, 6.07) is 8.99. The lowest BCUT2D eigenvalue weighted by atomic mass is 10.2. The highest BCUT2D eigenvalue weighted by Gasteiger charge is 2.12. The summed E-state index contributed by atoms with van der Waals surface area (Å²) in [5.41, 5.74) is 1.09. The zero-order valence-corrected chi connectivity index (χ0v) is 18.6. The summed E-state index contributed by atoms with van der Waals surface area (Å²) in [5, 5.41) is 19.2. The van der Waals surface area contributed by atoms with Crippen molar-refractivity contribution >= 4 is 75.5 Å². The fourth-order valence-electron chi connectivity index (χ4n) is 2.40. The largest absolute Gasteiger partial charge is 0.331 e. The molecule has 0 unspecified atom stereocenters. The van der Waals surface area contributed by atoms with Crippen molar-refractivity contribution < 1.29 is 14.5 Å². The Balaban J connectivity index is 2.00. The average molecular weight is 481 g/mol. The summed E-state index contributed by atoms with van der Waals surface area (Å²) in [6.45, 7) is 1.90. The van der Waals surface area contributed by atoms with Crippen molar-refractivity contribution in [1.29, 1.82) is 0 Å². The summed E-state index contributed by atoms with van der Waals surface area (Å²) < 4.78 is 0. The number of nitro groups is 1. The van der Waals surface area contributed by atoms with Crippen LogP contribution in [0.15, 0.2) is 42.5 Å². The van der Waals surface area contributed by atoms with Gasteiger partial charge < -0.3 is 10.6 Å². The van der Waals surface area contributed by atoms with Crippen LogP contribution in [0.3, 0.4) is 0 Å². The van der Waals surface area contributed by atoms with Crippen molar-refractivity contribution in [3.63, 3.8) is 0 Å². The number of anilines is 2. The van der Waals surface area contributed by atoms with Crippen LogP contribution in [-0.4, -0.2) is 21.9 Å². The molecule has 0 spiro atoms. The van der Waals surface area contributed by atoms with E-state index < -0.39 is 10.8 Å². The molecule has 0 bridgehead atoms. The maximum absolute atomic E-state index is 12.1. The quantitative estimate of drug-likeness (QED) is 0.218. The molecule has 0 radical (unpaired) electrons. The van der Waals surface area contributed by atoms with Crippen molar-refractivity contribution in [3.8, 4) is 0 Å². The van der Waals surface area contributed by atoms with Crippen molar-refractivity contribution in [2.45, 2.75) is 19.8 Å². The monoisotopic (exact) mass is 480 g/mol.